The van der Waals surface area contributed by atoms with Gasteiger partial charge in [0.2, 0.25) is 10.0 Å². The molecule has 0 spiro atoms. The van der Waals surface area contributed by atoms with E-state index in [-0.39, 0.29) is 16.8 Å². The lowest BCUT2D eigenvalue weighted by Crippen LogP contribution is -2.32. The summed E-state index contributed by atoms with van der Waals surface area (Å²) in [7, 11) is -0.598. The highest BCUT2D eigenvalue weighted by Crippen LogP contribution is 2.18. The van der Waals surface area contributed by atoms with Crippen molar-refractivity contribution in [3.8, 4) is 0 Å². The van der Waals surface area contributed by atoms with E-state index in [2.05, 4.69) is 5.32 Å². The van der Waals surface area contributed by atoms with Gasteiger partial charge in [0.25, 0.3) is 5.91 Å². The van der Waals surface area contributed by atoms with Crippen molar-refractivity contribution >= 4 is 15.9 Å². The standard InChI is InChI=1S/C14H22N2O3S/c1-6-11(3)15-14(17)13-9-12(8-7-10(13)2)20(18,19)16(4)5/h7-9,11H,6H2,1-5H3,(H,15,17). The molecule has 0 saturated carbocycles. The number of carbonyl (C=O) groups is 1. The quantitative estimate of drug-likeness (QED) is 0.901. The maximum atomic E-state index is 12.2. The molecule has 0 saturated heterocycles. The summed E-state index contributed by atoms with van der Waals surface area (Å²) in [5.74, 6) is -0.243. The van der Waals surface area contributed by atoms with Gasteiger partial charge in [-0.15, -0.1) is 0 Å². The Kier molecular flexibility index (Phi) is 5.30. The predicted octanol–water partition coefficient (Wildman–Crippen LogP) is 1.77. The molecule has 1 aromatic rings. The van der Waals surface area contributed by atoms with Crippen LogP contribution in [0.5, 0.6) is 0 Å². The smallest absolute Gasteiger partial charge is 0.251 e. The maximum absolute atomic E-state index is 12.2. The molecule has 0 aliphatic carbocycles. The molecule has 20 heavy (non-hydrogen) atoms. The lowest BCUT2D eigenvalue weighted by atomic mass is 10.1. The minimum absolute atomic E-state index is 0.0519. The number of sulfonamides is 1. The number of aryl methyl sites for hydroxylation is 1. The SMILES string of the molecule is CCC(C)NC(=O)c1cc(S(=O)(=O)N(C)C)ccc1C. The average Bonchev–Trinajstić information content (AvgIpc) is 2.38. The van der Waals surface area contributed by atoms with Gasteiger partial charge in [-0.05, 0) is 38.0 Å². The van der Waals surface area contributed by atoms with Gasteiger partial charge in [0.15, 0.2) is 0 Å². The second kappa shape index (κ2) is 6.37. The molecule has 0 bridgehead atoms. The molecule has 5 nitrogen and oxygen atoms in total. The molecule has 1 rings (SSSR count). The third-order valence-electron chi connectivity index (χ3n) is 3.22. The van der Waals surface area contributed by atoms with E-state index >= 15 is 0 Å². The molecule has 112 valence electrons. The predicted molar refractivity (Wildman–Crippen MR) is 79.3 cm³/mol. The third-order valence-corrected chi connectivity index (χ3v) is 5.03. The summed E-state index contributed by atoms with van der Waals surface area (Å²) in [5, 5.41) is 2.85. The summed E-state index contributed by atoms with van der Waals surface area (Å²) >= 11 is 0. The van der Waals surface area contributed by atoms with Gasteiger partial charge >= 0.3 is 0 Å². The van der Waals surface area contributed by atoms with Gasteiger partial charge in [-0.2, -0.15) is 0 Å². The fourth-order valence-corrected chi connectivity index (χ4v) is 2.55. The van der Waals surface area contributed by atoms with E-state index in [1.807, 2.05) is 13.8 Å². The van der Waals surface area contributed by atoms with Gasteiger partial charge in [0.05, 0.1) is 4.90 Å². The lowest BCUT2D eigenvalue weighted by Gasteiger charge is -2.15. The van der Waals surface area contributed by atoms with Crippen molar-refractivity contribution in [1.29, 1.82) is 0 Å². The van der Waals surface area contributed by atoms with Crippen LogP contribution in [0.15, 0.2) is 23.1 Å². The molecule has 0 fully saturated rings. The van der Waals surface area contributed by atoms with E-state index < -0.39 is 10.0 Å². The van der Waals surface area contributed by atoms with Crippen LogP contribution < -0.4 is 5.32 Å². The summed E-state index contributed by atoms with van der Waals surface area (Å²) in [5.41, 5.74) is 1.15. The Labute approximate surface area is 121 Å². The lowest BCUT2D eigenvalue weighted by molar-refractivity contribution is 0.0938. The molecule has 1 aromatic carbocycles. The number of carbonyl (C=O) groups excluding carboxylic acids is 1. The van der Waals surface area contributed by atoms with Crippen molar-refractivity contribution in [3.63, 3.8) is 0 Å². The van der Waals surface area contributed by atoms with Crippen LogP contribution in [0, 0.1) is 6.92 Å². The van der Waals surface area contributed by atoms with E-state index in [1.54, 1.807) is 13.0 Å². The zero-order valence-electron chi connectivity index (χ0n) is 12.6. The number of benzene rings is 1. The Hall–Kier alpha value is -1.40. The van der Waals surface area contributed by atoms with Crippen LogP contribution in [-0.2, 0) is 10.0 Å². The normalized spacial score (nSPS) is 13.3. The maximum Gasteiger partial charge on any atom is 0.251 e. The van der Waals surface area contributed by atoms with Gasteiger partial charge in [-0.3, -0.25) is 4.79 Å². The summed E-state index contributed by atoms with van der Waals surface area (Å²) in [4.78, 5) is 12.3. The Bertz CT molecular complexity index is 594. The van der Waals surface area contributed by atoms with Gasteiger partial charge in [0.1, 0.15) is 0 Å². The fraction of sp³-hybridized carbons (Fsp3) is 0.500. The number of hydrogen-bond donors (Lipinski definition) is 1. The Morgan fingerprint density at radius 3 is 2.45 bits per heavy atom. The number of nitrogens with one attached hydrogen (secondary N) is 1. The summed E-state index contributed by atoms with van der Waals surface area (Å²) in [6.07, 6.45) is 0.820. The van der Waals surface area contributed by atoms with Crippen LogP contribution in [0.3, 0.4) is 0 Å². The molecule has 1 atom stereocenters. The Morgan fingerprint density at radius 2 is 1.95 bits per heavy atom. The van der Waals surface area contributed by atoms with Gasteiger partial charge in [-0.1, -0.05) is 13.0 Å². The van der Waals surface area contributed by atoms with Gasteiger partial charge in [-0.25, -0.2) is 12.7 Å². The molecule has 0 heterocycles. The van der Waals surface area contributed by atoms with Crippen molar-refractivity contribution < 1.29 is 13.2 Å². The number of nitrogens with zero attached hydrogens (tertiary/aromatic N) is 1. The van der Waals surface area contributed by atoms with Crippen molar-refractivity contribution in [2.45, 2.75) is 38.1 Å². The molecule has 0 radical (unpaired) electrons. The second-order valence-corrected chi connectivity index (χ2v) is 7.20. The van der Waals surface area contributed by atoms with Crippen LogP contribution in [0.2, 0.25) is 0 Å². The third kappa shape index (κ3) is 3.58. The molecule has 1 N–H and O–H groups in total. The first-order valence-corrected chi connectivity index (χ1v) is 7.98. The number of rotatable bonds is 5. The van der Waals surface area contributed by atoms with E-state index in [4.69, 9.17) is 0 Å². The molecule has 6 heteroatoms. The highest BCUT2D eigenvalue weighted by atomic mass is 32.2. The topological polar surface area (TPSA) is 66.5 Å². The molecular formula is C14H22N2O3S. The van der Waals surface area contributed by atoms with Gasteiger partial charge < -0.3 is 5.32 Å². The van der Waals surface area contributed by atoms with Crippen LogP contribution in [0.4, 0.5) is 0 Å². The first-order chi connectivity index (χ1) is 9.20. The molecular weight excluding hydrogens is 276 g/mol. The Balaban J connectivity index is 3.20. The molecule has 0 aliphatic rings. The Morgan fingerprint density at radius 1 is 1.35 bits per heavy atom. The zero-order valence-corrected chi connectivity index (χ0v) is 13.4. The van der Waals surface area contributed by atoms with E-state index in [9.17, 15) is 13.2 Å². The van der Waals surface area contributed by atoms with Crippen molar-refractivity contribution in [2.24, 2.45) is 0 Å². The summed E-state index contributed by atoms with van der Waals surface area (Å²) in [6, 6.07) is 4.66. The largest absolute Gasteiger partial charge is 0.350 e. The number of hydrogen-bond acceptors (Lipinski definition) is 3. The van der Waals surface area contributed by atoms with Crippen molar-refractivity contribution in [2.75, 3.05) is 14.1 Å². The van der Waals surface area contributed by atoms with E-state index in [1.165, 1.54) is 26.2 Å². The summed E-state index contributed by atoms with van der Waals surface area (Å²) in [6.45, 7) is 5.68. The summed E-state index contributed by atoms with van der Waals surface area (Å²) < 4.78 is 25.3. The van der Waals surface area contributed by atoms with Crippen LogP contribution in [-0.4, -0.2) is 38.8 Å². The van der Waals surface area contributed by atoms with E-state index in [0.717, 1.165) is 16.3 Å². The van der Waals surface area contributed by atoms with Crippen LogP contribution in [0.25, 0.3) is 0 Å². The monoisotopic (exact) mass is 298 g/mol. The first kappa shape index (κ1) is 16.7. The fourth-order valence-electron chi connectivity index (χ4n) is 1.62. The molecule has 0 aromatic heterocycles. The molecule has 1 amide bonds. The van der Waals surface area contributed by atoms with Gasteiger partial charge in [0, 0.05) is 25.7 Å². The molecule has 0 aliphatic heterocycles. The van der Waals surface area contributed by atoms with E-state index in [0.29, 0.717) is 5.56 Å². The first-order valence-electron chi connectivity index (χ1n) is 6.54. The molecule has 1 unspecified atom stereocenters. The highest BCUT2D eigenvalue weighted by molar-refractivity contribution is 7.89. The highest BCUT2D eigenvalue weighted by Gasteiger charge is 2.20. The van der Waals surface area contributed by atoms with Crippen molar-refractivity contribution in [1.82, 2.24) is 9.62 Å². The zero-order chi connectivity index (χ0) is 15.5. The average molecular weight is 298 g/mol. The minimum atomic E-state index is -3.53. The number of amides is 1. The second-order valence-electron chi connectivity index (χ2n) is 5.05. The van der Waals surface area contributed by atoms with Crippen molar-refractivity contribution in [3.05, 3.63) is 29.3 Å². The van der Waals surface area contributed by atoms with Crippen LogP contribution >= 0.6 is 0 Å². The minimum Gasteiger partial charge on any atom is -0.350 e. The van der Waals surface area contributed by atoms with Crippen LogP contribution in [0.1, 0.15) is 36.2 Å².